The number of carbonyl (C=O) groups is 1. The third-order valence-corrected chi connectivity index (χ3v) is 5.44. The van der Waals surface area contributed by atoms with Gasteiger partial charge < -0.3 is 19.1 Å². The van der Waals surface area contributed by atoms with Crippen LogP contribution in [0.2, 0.25) is 0 Å². The van der Waals surface area contributed by atoms with Gasteiger partial charge in [-0.15, -0.1) is 0 Å². The molecule has 31 heavy (non-hydrogen) atoms. The van der Waals surface area contributed by atoms with Crippen LogP contribution in [-0.4, -0.2) is 53.7 Å². The number of anilines is 1. The topological polar surface area (TPSA) is 84.6 Å². The lowest BCUT2D eigenvalue weighted by Crippen LogP contribution is -2.31. The van der Waals surface area contributed by atoms with Gasteiger partial charge in [0.05, 0.1) is 29.6 Å². The first-order chi connectivity index (χ1) is 15.0. The van der Waals surface area contributed by atoms with Gasteiger partial charge in [0.2, 0.25) is 5.95 Å². The molecule has 0 aliphatic carbocycles. The van der Waals surface area contributed by atoms with Crippen molar-refractivity contribution in [2.24, 2.45) is 0 Å². The highest BCUT2D eigenvalue weighted by molar-refractivity contribution is 5.94. The van der Waals surface area contributed by atoms with E-state index in [4.69, 9.17) is 14.2 Å². The Kier molecular flexibility index (Phi) is 5.99. The molecule has 2 aromatic heterocycles. The maximum absolute atomic E-state index is 13.4. The molecule has 1 saturated heterocycles. The van der Waals surface area contributed by atoms with Gasteiger partial charge in [0.1, 0.15) is 0 Å². The summed E-state index contributed by atoms with van der Waals surface area (Å²) >= 11 is 0. The van der Waals surface area contributed by atoms with E-state index in [1.165, 1.54) is 0 Å². The van der Waals surface area contributed by atoms with E-state index in [-0.39, 0.29) is 11.9 Å². The van der Waals surface area contributed by atoms with Crippen molar-refractivity contribution in [2.75, 3.05) is 32.6 Å². The Hall–Kier alpha value is -3.26. The molecule has 1 aliphatic heterocycles. The van der Waals surface area contributed by atoms with E-state index >= 15 is 0 Å². The number of ether oxygens (including phenoxy) is 1. The van der Waals surface area contributed by atoms with Crippen molar-refractivity contribution in [1.82, 2.24) is 20.0 Å². The Labute approximate surface area is 181 Å². The Bertz CT molecular complexity index is 1060. The highest BCUT2D eigenvalue weighted by atomic mass is 16.5. The molecule has 3 aromatic rings. The fourth-order valence-electron chi connectivity index (χ4n) is 3.91. The SMILES string of the molecule is COCc1ccc(C(=O)N2CCCC2c2nc(N(C)C)ncc2-c2cc(C)no2)cc1. The summed E-state index contributed by atoms with van der Waals surface area (Å²) in [5, 5.41) is 4.01. The van der Waals surface area contributed by atoms with Crippen molar-refractivity contribution in [1.29, 1.82) is 0 Å². The molecular formula is C23H27N5O3. The van der Waals surface area contributed by atoms with Crippen molar-refractivity contribution < 1.29 is 14.1 Å². The van der Waals surface area contributed by atoms with Crippen molar-refractivity contribution in [3.05, 3.63) is 59.0 Å². The zero-order chi connectivity index (χ0) is 22.0. The van der Waals surface area contributed by atoms with Crippen molar-refractivity contribution in [3.8, 4) is 11.3 Å². The molecule has 1 aliphatic rings. The molecule has 0 bridgehead atoms. The summed E-state index contributed by atoms with van der Waals surface area (Å²) in [6.45, 7) is 3.08. The van der Waals surface area contributed by atoms with E-state index in [0.29, 0.717) is 30.4 Å². The Morgan fingerprint density at radius 3 is 2.71 bits per heavy atom. The number of benzene rings is 1. The van der Waals surface area contributed by atoms with E-state index in [1.54, 1.807) is 13.3 Å². The predicted octanol–water partition coefficient (Wildman–Crippen LogP) is 3.63. The summed E-state index contributed by atoms with van der Waals surface area (Å²) in [4.78, 5) is 26.4. The maximum atomic E-state index is 13.4. The van der Waals surface area contributed by atoms with Gasteiger partial charge in [0.15, 0.2) is 5.76 Å². The molecule has 1 amide bonds. The molecule has 3 heterocycles. The molecule has 0 saturated carbocycles. The van der Waals surface area contributed by atoms with Crippen LogP contribution in [0.5, 0.6) is 0 Å². The Morgan fingerprint density at radius 2 is 2.06 bits per heavy atom. The predicted molar refractivity (Wildman–Crippen MR) is 117 cm³/mol. The third-order valence-electron chi connectivity index (χ3n) is 5.44. The molecule has 0 N–H and O–H groups in total. The first-order valence-corrected chi connectivity index (χ1v) is 10.3. The number of amides is 1. The Morgan fingerprint density at radius 1 is 1.29 bits per heavy atom. The van der Waals surface area contributed by atoms with Gasteiger partial charge in [0.25, 0.3) is 5.91 Å². The van der Waals surface area contributed by atoms with Crippen LogP contribution in [0.3, 0.4) is 0 Å². The zero-order valence-corrected chi connectivity index (χ0v) is 18.3. The van der Waals surface area contributed by atoms with Gasteiger partial charge in [-0.05, 0) is 37.5 Å². The summed E-state index contributed by atoms with van der Waals surface area (Å²) in [7, 11) is 5.46. The molecular weight excluding hydrogens is 394 g/mol. The largest absolute Gasteiger partial charge is 0.380 e. The van der Waals surface area contributed by atoms with Crippen LogP contribution in [0, 0.1) is 6.92 Å². The van der Waals surface area contributed by atoms with Crippen LogP contribution >= 0.6 is 0 Å². The second-order valence-electron chi connectivity index (χ2n) is 7.98. The highest BCUT2D eigenvalue weighted by Crippen LogP contribution is 2.38. The molecule has 8 heteroatoms. The first-order valence-electron chi connectivity index (χ1n) is 10.3. The van der Waals surface area contributed by atoms with Gasteiger partial charge in [-0.3, -0.25) is 4.79 Å². The molecule has 1 fully saturated rings. The van der Waals surface area contributed by atoms with E-state index in [2.05, 4.69) is 10.1 Å². The Balaban J connectivity index is 1.70. The van der Waals surface area contributed by atoms with E-state index in [9.17, 15) is 4.79 Å². The molecule has 4 rings (SSSR count). The number of hydrogen-bond donors (Lipinski definition) is 0. The average molecular weight is 422 g/mol. The smallest absolute Gasteiger partial charge is 0.254 e. The quantitative estimate of drug-likeness (QED) is 0.601. The fourth-order valence-corrected chi connectivity index (χ4v) is 3.91. The van der Waals surface area contributed by atoms with Crippen molar-refractivity contribution in [2.45, 2.75) is 32.4 Å². The number of aryl methyl sites for hydroxylation is 1. The monoisotopic (exact) mass is 421 g/mol. The summed E-state index contributed by atoms with van der Waals surface area (Å²) in [6.07, 6.45) is 3.50. The van der Waals surface area contributed by atoms with Crippen LogP contribution in [0.15, 0.2) is 41.1 Å². The number of hydrogen-bond acceptors (Lipinski definition) is 7. The lowest BCUT2D eigenvalue weighted by atomic mass is 10.0. The van der Waals surface area contributed by atoms with Gasteiger partial charge in [0, 0.05) is 45.6 Å². The lowest BCUT2D eigenvalue weighted by Gasteiger charge is -2.26. The lowest BCUT2D eigenvalue weighted by molar-refractivity contribution is 0.0733. The number of methoxy groups -OCH3 is 1. The highest BCUT2D eigenvalue weighted by Gasteiger charge is 2.34. The van der Waals surface area contributed by atoms with E-state index in [0.717, 1.165) is 35.4 Å². The number of carbonyl (C=O) groups excluding carboxylic acids is 1. The average Bonchev–Trinajstić information content (AvgIpc) is 3.43. The summed E-state index contributed by atoms with van der Waals surface area (Å²) in [5.41, 5.74) is 4.04. The molecule has 0 radical (unpaired) electrons. The van der Waals surface area contributed by atoms with Crippen LogP contribution < -0.4 is 4.90 Å². The molecule has 1 atom stereocenters. The van der Waals surface area contributed by atoms with Gasteiger partial charge in [-0.1, -0.05) is 17.3 Å². The minimum absolute atomic E-state index is 0.00353. The van der Waals surface area contributed by atoms with Crippen molar-refractivity contribution in [3.63, 3.8) is 0 Å². The summed E-state index contributed by atoms with van der Waals surface area (Å²) in [6, 6.07) is 9.29. The minimum Gasteiger partial charge on any atom is -0.380 e. The standard InChI is InChI=1S/C23H27N5O3/c1-15-12-20(31-26-15)18-13-24-23(27(2)3)25-21(18)19-6-5-11-28(19)22(29)17-9-7-16(8-10-17)14-30-4/h7-10,12-13,19H,5-6,11,14H2,1-4H3. The maximum Gasteiger partial charge on any atom is 0.254 e. The summed E-state index contributed by atoms with van der Waals surface area (Å²) < 4.78 is 10.7. The zero-order valence-electron chi connectivity index (χ0n) is 18.3. The van der Waals surface area contributed by atoms with Gasteiger partial charge in [-0.25, -0.2) is 9.97 Å². The van der Waals surface area contributed by atoms with Gasteiger partial charge in [-0.2, -0.15) is 0 Å². The minimum atomic E-state index is -0.159. The first kappa shape index (κ1) is 21.0. The van der Waals surface area contributed by atoms with Crippen LogP contribution in [0.4, 0.5) is 5.95 Å². The normalized spacial score (nSPS) is 16.0. The number of likely N-dealkylation sites (tertiary alicyclic amines) is 1. The van der Waals surface area contributed by atoms with E-state index in [1.807, 2.05) is 61.2 Å². The second-order valence-corrected chi connectivity index (χ2v) is 7.98. The third kappa shape index (κ3) is 4.29. The van der Waals surface area contributed by atoms with Crippen LogP contribution in [0.1, 0.15) is 46.2 Å². The fraction of sp³-hybridized carbons (Fsp3) is 0.391. The number of rotatable bonds is 6. The number of nitrogens with zero attached hydrogens (tertiary/aromatic N) is 5. The summed E-state index contributed by atoms with van der Waals surface area (Å²) in [5.74, 6) is 1.20. The van der Waals surface area contributed by atoms with Crippen LogP contribution in [-0.2, 0) is 11.3 Å². The number of aromatic nitrogens is 3. The second kappa shape index (κ2) is 8.85. The van der Waals surface area contributed by atoms with Crippen LogP contribution in [0.25, 0.3) is 11.3 Å². The molecule has 8 nitrogen and oxygen atoms in total. The molecule has 162 valence electrons. The van der Waals surface area contributed by atoms with Gasteiger partial charge >= 0.3 is 0 Å². The molecule has 1 unspecified atom stereocenters. The van der Waals surface area contributed by atoms with E-state index < -0.39 is 0 Å². The molecule has 1 aromatic carbocycles. The van der Waals surface area contributed by atoms with Crippen molar-refractivity contribution >= 4 is 11.9 Å². The molecule has 0 spiro atoms.